The molecule has 0 aliphatic heterocycles. The van der Waals surface area contributed by atoms with Gasteiger partial charge in [0.05, 0.1) is 36.4 Å². The summed E-state index contributed by atoms with van der Waals surface area (Å²) in [4.78, 5) is 30.5. The van der Waals surface area contributed by atoms with Gasteiger partial charge >= 0.3 is 12.0 Å². The number of ether oxygens (including phenoxy) is 2. The zero-order valence-electron chi connectivity index (χ0n) is 23.3. The van der Waals surface area contributed by atoms with Crippen molar-refractivity contribution in [2.24, 2.45) is 11.7 Å². The van der Waals surface area contributed by atoms with E-state index in [1.54, 1.807) is 66.1 Å². The molecule has 0 saturated heterocycles. The zero-order valence-corrected chi connectivity index (χ0v) is 27.2. The molecule has 7 rings (SSSR count). The summed E-state index contributed by atoms with van der Waals surface area (Å²) in [6.07, 6.45) is 3.05. The Morgan fingerprint density at radius 1 is 0.739 bits per heavy atom. The summed E-state index contributed by atoms with van der Waals surface area (Å²) >= 11 is 21.1. The van der Waals surface area contributed by atoms with Crippen molar-refractivity contribution in [1.29, 1.82) is 0 Å². The van der Waals surface area contributed by atoms with Crippen LogP contribution in [0.4, 0.5) is 0 Å². The molecule has 0 saturated carbocycles. The number of para-hydroxylation sites is 2. The van der Waals surface area contributed by atoms with E-state index in [9.17, 15) is 4.79 Å². The number of carbonyl (C=O) groups is 1. The summed E-state index contributed by atoms with van der Waals surface area (Å²) < 4.78 is 11.1. The number of carbonyl (C=O) groups excluding carboxylic acids is 1. The molecular formula is C30H21Cl3N8O3S2. The van der Waals surface area contributed by atoms with E-state index in [-0.39, 0.29) is 28.5 Å². The lowest BCUT2D eigenvalue weighted by Gasteiger charge is -2.07. The van der Waals surface area contributed by atoms with Crippen LogP contribution in [0, 0.1) is 0 Å². The molecule has 0 radical (unpaired) electrons. The third-order valence-corrected chi connectivity index (χ3v) is 8.51. The van der Waals surface area contributed by atoms with Crippen LogP contribution in [0.5, 0.6) is 23.5 Å². The Hall–Kier alpha value is -4.47. The Balaban J connectivity index is 0.000000172. The number of aromatic nitrogens is 6. The fraction of sp³-hybridized carbons (Fsp3) is 0. The summed E-state index contributed by atoms with van der Waals surface area (Å²) in [5, 5.41) is 12.9. The number of hydrazine groups is 1. The van der Waals surface area contributed by atoms with Gasteiger partial charge in [0.1, 0.15) is 16.7 Å². The van der Waals surface area contributed by atoms with Gasteiger partial charge in [-0.2, -0.15) is 15.1 Å². The van der Waals surface area contributed by atoms with Crippen LogP contribution in [0.2, 0.25) is 15.2 Å². The van der Waals surface area contributed by atoms with Crippen molar-refractivity contribution in [2.75, 3.05) is 0 Å². The first-order chi connectivity index (χ1) is 22.5. The van der Waals surface area contributed by atoms with Crippen LogP contribution in [0.1, 0.15) is 15.2 Å². The molecule has 0 bridgehead atoms. The van der Waals surface area contributed by atoms with Gasteiger partial charge in [-0.3, -0.25) is 21.6 Å². The predicted molar refractivity (Wildman–Crippen MR) is 181 cm³/mol. The van der Waals surface area contributed by atoms with E-state index in [1.165, 1.54) is 17.5 Å². The van der Waals surface area contributed by atoms with E-state index in [0.717, 1.165) is 16.0 Å². The van der Waals surface area contributed by atoms with Crippen LogP contribution in [0.25, 0.3) is 21.6 Å². The minimum atomic E-state index is -0.218. The monoisotopic (exact) mass is 710 g/mol. The standard InChI is InChI=1S/C15H8Cl2N2O2S.C15H9ClN4OS.H4N2/c16-10-4-1-2-5-11(10)21-15-18-8-9(14(17)19-15)13(20)12-6-3-7-22-12;16-10-4-1-2-5-11(10)21-15-17-8-9-13(12-6-3-7-22-12)19-20-14(9)18-15;1-2/h1-8H;1-8H,(H,17,18,19,20);1-2H2. The molecule has 0 atom stereocenters. The topological polar surface area (TPSA) is 168 Å². The third kappa shape index (κ3) is 7.84. The molecule has 7 aromatic rings. The highest BCUT2D eigenvalue weighted by Crippen LogP contribution is 2.32. The van der Waals surface area contributed by atoms with E-state index >= 15 is 0 Å². The fourth-order valence-electron chi connectivity index (χ4n) is 3.79. The summed E-state index contributed by atoms with van der Waals surface area (Å²) in [6, 6.07) is 21.9. The number of aromatic amines is 1. The number of thiophene rings is 2. The molecule has 11 nitrogen and oxygen atoms in total. The van der Waals surface area contributed by atoms with Crippen LogP contribution in [-0.4, -0.2) is 35.9 Å². The van der Waals surface area contributed by atoms with E-state index in [1.807, 2.05) is 35.0 Å². The van der Waals surface area contributed by atoms with Gasteiger partial charge in [0.25, 0.3) is 0 Å². The number of nitrogens with zero attached hydrogens (tertiary/aromatic N) is 5. The SMILES string of the molecule is Clc1ccccc1Oc1ncc2c(-c3cccs3)[nH]nc2n1.NN.O=C(c1cccs1)c1cnc(Oc2ccccc2Cl)nc1Cl. The number of benzene rings is 2. The van der Waals surface area contributed by atoms with Gasteiger partial charge in [-0.15, -0.1) is 22.7 Å². The van der Waals surface area contributed by atoms with Crippen molar-refractivity contribution in [2.45, 2.75) is 0 Å². The predicted octanol–water partition coefficient (Wildman–Crippen LogP) is 8.21. The first kappa shape index (κ1) is 32.9. The molecule has 5 N–H and O–H groups in total. The molecular weight excluding hydrogens is 691 g/mol. The molecule has 5 aromatic heterocycles. The second kappa shape index (κ2) is 15.7. The minimum Gasteiger partial charge on any atom is -0.423 e. The minimum absolute atomic E-state index is 0.0285. The highest BCUT2D eigenvalue weighted by Gasteiger charge is 2.17. The molecule has 0 unspecified atom stereocenters. The molecule has 0 amide bonds. The van der Waals surface area contributed by atoms with E-state index < -0.39 is 0 Å². The quantitative estimate of drug-likeness (QED) is 0.0634. The molecule has 0 fully saturated rings. The van der Waals surface area contributed by atoms with Crippen LogP contribution in [0.3, 0.4) is 0 Å². The van der Waals surface area contributed by atoms with Crippen LogP contribution >= 0.6 is 57.5 Å². The Labute approximate surface area is 284 Å². The summed E-state index contributed by atoms with van der Waals surface area (Å²) in [5.74, 6) is 8.71. The lowest BCUT2D eigenvalue weighted by atomic mass is 10.2. The van der Waals surface area contributed by atoms with Gasteiger partial charge in [-0.05, 0) is 47.2 Å². The van der Waals surface area contributed by atoms with Crippen molar-refractivity contribution in [1.82, 2.24) is 30.1 Å². The second-order valence-electron chi connectivity index (χ2n) is 8.69. The number of ketones is 1. The molecule has 5 heterocycles. The van der Waals surface area contributed by atoms with E-state index in [0.29, 0.717) is 32.1 Å². The number of halogens is 3. The van der Waals surface area contributed by atoms with Crippen molar-refractivity contribution in [3.05, 3.63) is 122 Å². The zero-order chi connectivity index (χ0) is 32.5. The molecule has 232 valence electrons. The number of hydrogen-bond acceptors (Lipinski definition) is 12. The lowest BCUT2D eigenvalue weighted by molar-refractivity contribution is 0.104. The molecule has 46 heavy (non-hydrogen) atoms. The number of nitrogens with one attached hydrogen (secondary N) is 1. The number of fused-ring (bicyclic) bond motifs is 1. The average Bonchev–Trinajstić information content (AvgIpc) is 3.87. The molecule has 0 aliphatic carbocycles. The number of hydrogen-bond donors (Lipinski definition) is 3. The maximum absolute atomic E-state index is 12.2. The van der Waals surface area contributed by atoms with Crippen LogP contribution in [-0.2, 0) is 0 Å². The lowest BCUT2D eigenvalue weighted by Crippen LogP contribution is -2.03. The van der Waals surface area contributed by atoms with Crippen molar-refractivity contribution < 1.29 is 14.3 Å². The first-order valence-corrected chi connectivity index (χ1v) is 15.9. The number of H-pyrrole nitrogens is 1. The third-order valence-electron chi connectivity index (χ3n) is 5.84. The molecule has 0 aliphatic rings. The van der Waals surface area contributed by atoms with Crippen molar-refractivity contribution >= 4 is 74.3 Å². The maximum Gasteiger partial charge on any atom is 0.324 e. The van der Waals surface area contributed by atoms with Crippen LogP contribution in [0.15, 0.2) is 96.0 Å². The van der Waals surface area contributed by atoms with Gasteiger partial charge in [0.15, 0.2) is 5.65 Å². The summed E-state index contributed by atoms with van der Waals surface area (Å²) in [7, 11) is 0. The maximum atomic E-state index is 12.2. The first-order valence-electron chi connectivity index (χ1n) is 13.0. The largest absolute Gasteiger partial charge is 0.423 e. The summed E-state index contributed by atoms with van der Waals surface area (Å²) in [6.45, 7) is 0. The summed E-state index contributed by atoms with van der Waals surface area (Å²) in [5.41, 5.74) is 1.70. The van der Waals surface area contributed by atoms with Gasteiger partial charge in [-0.1, -0.05) is 71.2 Å². The van der Waals surface area contributed by atoms with E-state index in [4.69, 9.17) is 44.3 Å². The fourth-order valence-corrected chi connectivity index (χ4v) is 5.75. The van der Waals surface area contributed by atoms with Gasteiger partial charge in [-0.25, -0.2) is 9.97 Å². The van der Waals surface area contributed by atoms with Crippen molar-refractivity contribution in [3.8, 4) is 34.1 Å². The van der Waals surface area contributed by atoms with Gasteiger partial charge in [0.2, 0.25) is 5.78 Å². The highest BCUT2D eigenvalue weighted by molar-refractivity contribution is 7.13. The normalized spacial score (nSPS) is 10.4. The highest BCUT2D eigenvalue weighted by atomic mass is 35.5. The Morgan fingerprint density at radius 2 is 1.35 bits per heavy atom. The van der Waals surface area contributed by atoms with Crippen LogP contribution < -0.4 is 21.2 Å². The Bertz CT molecular complexity index is 2060. The van der Waals surface area contributed by atoms with E-state index in [2.05, 4.69) is 41.8 Å². The molecule has 16 heteroatoms. The molecule has 2 aromatic carbocycles. The number of rotatable bonds is 7. The van der Waals surface area contributed by atoms with Crippen molar-refractivity contribution in [3.63, 3.8) is 0 Å². The van der Waals surface area contributed by atoms with Gasteiger partial charge < -0.3 is 9.47 Å². The molecule has 0 spiro atoms. The average molecular weight is 712 g/mol. The second-order valence-corrected chi connectivity index (χ2v) is 11.8. The Morgan fingerprint density at radius 3 is 1.93 bits per heavy atom. The van der Waals surface area contributed by atoms with Gasteiger partial charge in [0, 0.05) is 12.4 Å². The smallest absolute Gasteiger partial charge is 0.324 e. The Kier molecular flexibility index (Phi) is 11.2. The number of nitrogens with two attached hydrogens (primary N) is 2.